The lowest BCUT2D eigenvalue weighted by Crippen LogP contribution is -2.54. The number of aromatic nitrogens is 4. The molecule has 0 aliphatic carbocycles. The molecule has 4 aliphatic rings. The highest BCUT2D eigenvalue weighted by Gasteiger charge is 2.45. The Hall–Kier alpha value is -6.11. The van der Waals surface area contributed by atoms with Crippen molar-refractivity contribution < 1.29 is 45.5 Å². The lowest BCUT2D eigenvalue weighted by molar-refractivity contribution is -0.139. The van der Waals surface area contributed by atoms with E-state index in [1.165, 1.54) is 36.9 Å². The van der Waals surface area contributed by atoms with Gasteiger partial charge in [0.15, 0.2) is 5.82 Å². The molecular formula is C41H37F6N9O4. The van der Waals surface area contributed by atoms with Crippen LogP contribution < -0.4 is 15.1 Å². The molecule has 1 unspecified atom stereocenters. The summed E-state index contributed by atoms with van der Waals surface area (Å²) in [7, 11) is 0. The van der Waals surface area contributed by atoms with Gasteiger partial charge in [-0.05, 0) is 62.4 Å². The van der Waals surface area contributed by atoms with Crippen molar-refractivity contribution in [2.75, 3.05) is 55.6 Å². The Morgan fingerprint density at radius 1 is 0.783 bits per heavy atom. The van der Waals surface area contributed by atoms with E-state index in [1.807, 2.05) is 9.80 Å². The summed E-state index contributed by atoms with van der Waals surface area (Å²) in [5.41, 5.74) is -0.695. The van der Waals surface area contributed by atoms with E-state index in [9.17, 15) is 32.3 Å². The van der Waals surface area contributed by atoms with Crippen LogP contribution in [0.25, 0.3) is 32.9 Å². The molecule has 0 bridgehead atoms. The van der Waals surface area contributed by atoms with Gasteiger partial charge >= 0.3 is 6.18 Å². The van der Waals surface area contributed by atoms with Crippen LogP contribution in [-0.4, -0.2) is 111 Å². The number of anilines is 2. The predicted molar refractivity (Wildman–Crippen MR) is 206 cm³/mol. The normalized spacial score (nSPS) is 19.6. The summed E-state index contributed by atoms with van der Waals surface area (Å²) in [6, 6.07) is 3.66. The Morgan fingerprint density at radius 2 is 1.48 bits per heavy atom. The van der Waals surface area contributed by atoms with Crippen LogP contribution in [-0.2, 0) is 16.1 Å². The van der Waals surface area contributed by atoms with Crippen LogP contribution in [0.3, 0.4) is 0 Å². The minimum atomic E-state index is -4.66. The van der Waals surface area contributed by atoms with Gasteiger partial charge in [0.25, 0.3) is 11.8 Å². The number of hydrogen-bond donors (Lipinski definition) is 1. The molecule has 312 valence electrons. The molecular weight excluding hydrogens is 796 g/mol. The zero-order valence-electron chi connectivity index (χ0n) is 31.9. The highest BCUT2D eigenvalue weighted by molar-refractivity contribution is 6.23. The largest absolute Gasteiger partial charge is 0.406 e. The number of piperazine rings is 1. The van der Waals surface area contributed by atoms with E-state index in [2.05, 4.69) is 25.2 Å². The van der Waals surface area contributed by atoms with Crippen molar-refractivity contribution in [3.05, 3.63) is 77.6 Å². The van der Waals surface area contributed by atoms with Gasteiger partial charge in [-0.1, -0.05) is 0 Å². The molecule has 3 aromatic heterocycles. The number of benzene rings is 2. The van der Waals surface area contributed by atoms with Crippen molar-refractivity contribution in [1.29, 1.82) is 0 Å². The van der Waals surface area contributed by atoms with Crippen molar-refractivity contribution in [1.82, 2.24) is 34.6 Å². The number of alkyl halides is 3. The number of nitrogens with one attached hydrogen (secondary N) is 1. The van der Waals surface area contributed by atoms with Gasteiger partial charge < -0.3 is 14.4 Å². The molecule has 4 aliphatic heterocycles. The maximum atomic E-state index is 16.1. The van der Waals surface area contributed by atoms with E-state index in [4.69, 9.17) is 0 Å². The number of carbonyl (C=O) groups is 4. The lowest BCUT2D eigenvalue weighted by atomic mass is 9.93. The average Bonchev–Trinajstić information content (AvgIpc) is 3.65. The van der Waals surface area contributed by atoms with Gasteiger partial charge in [-0.2, -0.15) is 13.2 Å². The number of piperidine rings is 2. The summed E-state index contributed by atoms with van der Waals surface area (Å²) in [6.45, 7) is 2.96. The van der Waals surface area contributed by atoms with Crippen LogP contribution in [0.5, 0.6) is 0 Å². The molecule has 19 heteroatoms. The predicted octanol–water partition coefficient (Wildman–Crippen LogP) is 5.46. The Bertz CT molecular complexity index is 2570. The van der Waals surface area contributed by atoms with E-state index in [1.54, 1.807) is 0 Å². The second kappa shape index (κ2) is 15.2. The number of pyridine rings is 1. The minimum absolute atomic E-state index is 0.00787. The summed E-state index contributed by atoms with van der Waals surface area (Å²) in [5.74, 6) is -4.61. The molecule has 0 saturated carbocycles. The van der Waals surface area contributed by atoms with Crippen molar-refractivity contribution in [2.24, 2.45) is 5.92 Å². The van der Waals surface area contributed by atoms with Gasteiger partial charge in [-0.3, -0.25) is 39.3 Å². The van der Waals surface area contributed by atoms with Gasteiger partial charge in [-0.15, -0.1) is 0 Å². The molecule has 13 nitrogen and oxygen atoms in total. The molecule has 1 N–H and O–H groups in total. The number of fused-ring (bicyclic) bond motifs is 4. The first-order valence-electron chi connectivity index (χ1n) is 19.7. The fraction of sp³-hybridized carbons (Fsp3) is 0.390. The number of hydrogen-bond acceptors (Lipinski definition) is 10. The molecule has 5 aromatic rings. The summed E-state index contributed by atoms with van der Waals surface area (Å²) in [4.78, 5) is 70.0. The van der Waals surface area contributed by atoms with Gasteiger partial charge in [0.2, 0.25) is 17.8 Å². The quantitative estimate of drug-likeness (QED) is 0.159. The molecule has 0 spiro atoms. The second-order valence-electron chi connectivity index (χ2n) is 15.7. The first-order chi connectivity index (χ1) is 28.8. The van der Waals surface area contributed by atoms with E-state index in [0.29, 0.717) is 51.1 Å². The van der Waals surface area contributed by atoms with Crippen LogP contribution in [0, 0.1) is 23.4 Å². The highest BCUT2D eigenvalue weighted by atomic mass is 19.4. The molecule has 60 heavy (non-hydrogen) atoms. The zero-order valence-corrected chi connectivity index (χ0v) is 31.9. The number of rotatable bonds is 8. The summed E-state index contributed by atoms with van der Waals surface area (Å²) in [6.07, 6.45) is 3.11. The summed E-state index contributed by atoms with van der Waals surface area (Å²) in [5, 5.41) is 2.33. The first-order valence-corrected chi connectivity index (χ1v) is 19.7. The molecule has 4 amide bonds. The topological polar surface area (TPSA) is 137 Å². The fourth-order valence-corrected chi connectivity index (χ4v) is 8.97. The third-order valence-corrected chi connectivity index (χ3v) is 12.1. The van der Waals surface area contributed by atoms with E-state index in [0.717, 1.165) is 47.4 Å². The Kier molecular flexibility index (Phi) is 9.95. The monoisotopic (exact) mass is 833 g/mol. The number of amides is 4. The van der Waals surface area contributed by atoms with Gasteiger partial charge in [0.05, 0.1) is 33.4 Å². The highest BCUT2D eigenvalue weighted by Crippen LogP contribution is 2.39. The maximum absolute atomic E-state index is 16.1. The second-order valence-corrected chi connectivity index (χ2v) is 15.7. The molecule has 3 saturated heterocycles. The SMILES string of the molecule is O=C1CCC(N2C(=O)c3cc(F)c(N4CCN(CCC5CCN(c6ncc(-c7c(F)cc8c9cnccc9n(CC(F)(F)F)c8c7F)cn6)CC5)CC4)cc3C2=O)C(=O)N1. The molecule has 1 atom stereocenters. The molecule has 9 rings (SSSR count). The van der Waals surface area contributed by atoms with E-state index in [-0.39, 0.29) is 57.0 Å². The molecule has 7 heterocycles. The molecule has 2 aromatic carbocycles. The first kappa shape index (κ1) is 39.4. The molecule has 0 radical (unpaired) electrons. The zero-order chi connectivity index (χ0) is 42.0. The van der Waals surface area contributed by atoms with E-state index < -0.39 is 65.4 Å². The van der Waals surface area contributed by atoms with Gasteiger partial charge in [0, 0.05) is 86.8 Å². The van der Waals surface area contributed by atoms with Crippen molar-refractivity contribution in [3.8, 4) is 11.1 Å². The van der Waals surface area contributed by atoms with Crippen LogP contribution in [0.15, 0.2) is 49.1 Å². The van der Waals surface area contributed by atoms with Gasteiger partial charge in [0.1, 0.15) is 24.2 Å². The van der Waals surface area contributed by atoms with E-state index >= 15 is 13.2 Å². The number of halogens is 6. The summed E-state index contributed by atoms with van der Waals surface area (Å²) < 4.78 is 88.5. The lowest BCUT2D eigenvalue weighted by Gasteiger charge is -2.38. The van der Waals surface area contributed by atoms with Crippen LogP contribution >= 0.6 is 0 Å². The Labute approximate surface area is 337 Å². The minimum Gasteiger partial charge on any atom is -0.367 e. The van der Waals surface area contributed by atoms with Crippen molar-refractivity contribution in [2.45, 2.75) is 50.9 Å². The van der Waals surface area contributed by atoms with Crippen molar-refractivity contribution in [3.63, 3.8) is 0 Å². The standard InChI is InChI=1S/C41H37F6N9O4/c42-28-16-25-26(39(60)56(38(25)59)31-1-2-33(57)51-37(31)58)17-32(28)53-13-11-52(12-14-53)8-4-22-5-9-54(10-6-22)40-49-18-23(19-50-40)34-29(43)15-24-27-20-48-7-3-30(27)55(21-41(45,46)47)36(24)35(34)44/h3,7,15-20,22,31H,1-2,4-6,8-14,21H2,(H,51,57,58). The fourth-order valence-electron chi connectivity index (χ4n) is 8.97. The number of nitrogens with zero attached hydrogens (tertiary/aromatic N) is 8. The average molecular weight is 834 g/mol. The third-order valence-electron chi connectivity index (χ3n) is 12.1. The van der Waals surface area contributed by atoms with Crippen LogP contribution in [0.2, 0.25) is 0 Å². The van der Waals surface area contributed by atoms with Crippen molar-refractivity contribution >= 4 is 57.1 Å². The molecule has 3 fully saturated rings. The Morgan fingerprint density at radius 3 is 2.17 bits per heavy atom. The maximum Gasteiger partial charge on any atom is 0.406 e. The van der Waals surface area contributed by atoms with Crippen LogP contribution in [0.4, 0.5) is 38.0 Å². The number of imide groups is 2. The number of carbonyl (C=O) groups excluding carboxylic acids is 4. The smallest absolute Gasteiger partial charge is 0.367 e. The van der Waals surface area contributed by atoms with Gasteiger partial charge in [-0.25, -0.2) is 23.1 Å². The third kappa shape index (κ3) is 7.07. The Balaban J connectivity index is 0.790. The van der Waals surface area contributed by atoms with Crippen LogP contribution in [0.1, 0.15) is 52.8 Å². The summed E-state index contributed by atoms with van der Waals surface area (Å²) >= 11 is 0.